The SMILES string of the molecule is CC(=O)N1CCN(c2ncc(-c3ccc4c(=O)n(C)n(Cc5nc(C)ccc5OC(C)F)c4c3)cn2)C[C@H]1C. The Morgan fingerprint density at radius 2 is 1.90 bits per heavy atom. The first-order valence-electron chi connectivity index (χ1n) is 12.9. The number of rotatable bonds is 6. The quantitative estimate of drug-likeness (QED) is 0.375. The van der Waals surface area contributed by atoms with Gasteiger partial charge in [0.25, 0.3) is 5.56 Å². The number of aryl methyl sites for hydroxylation is 1. The number of fused-ring (bicyclic) bond motifs is 1. The van der Waals surface area contributed by atoms with E-state index in [0.717, 1.165) is 16.8 Å². The van der Waals surface area contributed by atoms with E-state index >= 15 is 0 Å². The number of ether oxygens (including phenoxy) is 1. The van der Waals surface area contributed by atoms with E-state index in [9.17, 15) is 14.0 Å². The number of nitrogens with zero attached hydrogens (tertiary/aromatic N) is 7. The Morgan fingerprint density at radius 1 is 1.15 bits per heavy atom. The minimum absolute atomic E-state index is 0.0760. The molecule has 0 bridgehead atoms. The lowest BCUT2D eigenvalue weighted by atomic mass is 10.1. The molecule has 0 aliphatic carbocycles. The van der Waals surface area contributed by atoms with Crippen LogP contribution in [0.1, 0.15) is 32.2 Å². The predicted octanol–water partition coefficient (Wildman–Crippen LogP) is 3.30. The Bertz CT molecular complexity index is 1580. The highest BCUT2D eigenvalue weighted by atomic mass is 19.1. The Balaban J connectivity index is 1.45. The van der Waals surface area contributed by atoms with Crippen LogP contribution in [0.5, 0.6) is 5.75 Å². The summed E-state index contributed by atoms with van der Waals surface area (Å²) in [6.45, 7) is 8.98. The fourth-order valence-corrected chi connectivity index (χ4v) is 5.12. The van der Waals surface area contributed by atoms with Gasteiger partial charge < -0.3 is 14.5 Å². The zero-order chi connectivity index (χ0) is 27.8. The molecule has 1 aromatic carbocycles. The van der Waals surface area contributed by atoms with E-state index in [1.165, 1.54) is 11.6 Å². The van der Waals surface area contributed by atoms with E-state index in [0.29, 0.717) is 47.9 Å². The van der Waals surface area contributed by atoms with Gasteiger partial charge in [0.05, 0.1) is 17.4 Å². The van der Waals surface area contributed by atoms with Crippen molar-refractivity contribution < 1.29 is 13.9 Å². The summed E-state index contributed by atoms with van der Waals surface area (Å²) in [6.07, 6.45) is 2.05. The largest absolute Gasteiger partial charge is 0.459 e. The molecule has 4 aromatic rings. The third-order valence-corrected chi connectivity index (χ3v) is 7.11. The Labute approximate surface area is 225 Å². The Hall–Kier alpha value is -4.28. The van der Waals surface area contributed by atoms with E-state index < -0.39 is 6.36 Å². The number of anilines is 1. The number of hydrogen-bond acceptors (Lipinski definition) is 7. The second-order valence-electron chi connectivity index (χ2n) is 9.96. The molecule has 2 atom stereocenters. The second kappa shape index (κ2) is 10.5. The van der Waals surface area contributed by atoms with Crippen LogP contribution in [0, 0.1) is 6.92 Å². The lowest BCUT2D eigenvalue weighted by Crippen LogP contribution is -2.53. The van der Waals surface area contributed by atoms with Gasteiger partial charge in [-0.1, -0.05) is 6.07 Å². The zero-order valence-corrected chi connectivity index (χ0v) is 22.8. The standard InChI is InChI=1S/C28H32FN7O3/c1-17-6-9-26(39-19(3)29)24(32-17)16-36-25-12-21(7-8-23(25)27(38)33(36)5)22-13-30-28(31-14-22)34-10-11-35(20(4)37)18(2)15-34/h6-9,12-14,18-19H,10-11,15-16H2,1-5H3/t18-,19?/m1/s1. The van der Waals surface area contributed by atoms with Crippen molar-refractivity contribution in [2.75, 3.05) is 24.5 Å². The van der Waals surface area contributed by atoms with Crippen LogP contribution in [-0.4, -0.2) is 67.2 Å². The molecule has 0 N–H and O–H groups in total. The van der Waals surface area contributed by atoms with Crippen molar-refractivity contribution in [1.29, 1.82) is 0 Å². The molecular formula is C28H32FN7O3. The molecule has 1 aliphatic heterocycles. The lowest BCUT2D eigenvalue weighted by molar-refractivity contribution is -0.131. The molecule has 10 nitrogen and oxygen atoms in total. The van der Waals surface area contributed by atoms with Crippen LogP contribution in [0.2, 0.25) is 0 Å². The van der Waals surface area contributed by atoms with E-state index in [-0.39, 0.29) is 24.1 Å². The first kappa shape index (κ1) is 26.3. The number of alkyl halides is 1. The molecule has 0 radical (unpaired) electrons. The van der Waals surface area contributed by atoms with Gasteiger partial charge in [-0.3, -0.25) is 23.9 Å². The van der Waals surface area contributed by atoms with Gasteiger partial charge in [0.15, 0.2) is 0 Å². The smallest absolute Gasteiger partial charge is 0.274 e. The van der Waals surface area contributed by atoms with E-state index in [1.54, 1.807) is 44.6 Å². The first-order valence-corrected chi connectivity index (χ1v) is 12.9. The van der Waals surface area contributed by atoms with Crippen LogP contribution in [0.3, 0.4) is 0 Å². The van der Waals surface area contributed by atoms with E-state index in [4.69, 9.17) is 4.74 Å². The average Bonchev–Trinajstić information content (AvgIpc) is 3.14. The monoisotopic (exact) mass is 533 g/mol. The van der Waals surface area contributed by atoms with Crippen molar-refractivity contribution in [3.63, 3.8) is 0 Å². The van der Waals surface area contributed by atoms with Crippen molar-refractivity contribution in [2.24, 2.45) is 7.05 Å². The van der Waals surface area contributed by atoms with Gasteiger partial charge in [0.1, 0.15) is 11.4 Å². The van der Waals surface area contributed by atoms with Crippen molar-refractivity contribution in [3.05, 3.63) is 64.5 Å². The van der Waals surface area contributed by atoms with Gasteiger partial charge in [0.2, 0.25) is 18.2 Å². The summed E-state index contributed by atoms with van der Waals surface area (Å²) < 4.78 is 22.3. The third kappa shape index (κ3) is 5.21. The average molecular weight is 534 g/mol. The molecule has 1 amide bonds. The second-order valence-corrected chi connectivity index (χ2v) is 9.96. The summed E-state index contributed by atoms with van der Waals surface area (Å²) in [7, 11) is 1.70. The summed E-state index contributed by atoms with van der Waals surface area (Å²) >= 11 is 0. The first-order chi connectivity index (χ1) is 18.6. The molecule has 1 aliphatic rings. The number of amides is 1. The van der Waals surface area contributed by atoms with Gasteiger partial charge in [-0.05, 0) is 43.7 Å². The van der Waals surface area contributed by atoms with Crippen molar-refractivity contribution in [3.8, 4) is 16.9 Å². The number of carbonyl (C=O) groups is 1. The van der Waals surface area contributed by atoms with Crippen LogP contribution in [-0.2, 0) is 18.4 Å². The van der Waals surface area contributed by atoms with Crippen LogP contribution < -0.4 is 15.2 Å². The molecule has 1 unspecified atom stereocenters. The summed E-state index contributed by atoms with van der Waals surface area (Å²) in [4.78, 5) is 42.5. The Morgan fingerprint density at radius 3 is 2.56 bits per heavy atom. The van der Waals surface area contributed by atoms with Gasteiger partial charge >= 0.3 is 0 Å². The zero-order valence-electron chi connectivity index (χ0n) is 22.8. The van der Waals surface area contributed by atoms with Crippen LogP contribution in [0.4, 0.5) is 10.3 Å². The van der Waals surface area contributed by atoms with E-state index in [1.807, 2.05) is 35.6 Å². The van der Waals surface area contributed by atoms with Crippen LogP contribution >= 0.6 is 0 Å². The maximum atomic E-state index is 13.7. The highest BCUT2D eigenvalue weighted by Gasteiger charge is 2.26. The number of carbonyl (C=O) groups excluding carboxylic acids is 1. The van der Waals surface area contributed by atoms with Gasteiger partial charge in [0, 0.05) is 70.2 Å². The van der Waals surface area contributed by atoms with E-state index in [2.05, 4.69) is 19.9 Å². The Kier molecular flexibility index (Phi) is 7.07. The molecule has 39 heavy (non-hydrogen) atoms. The molecule has 1 saturated heterocycles. The number of aromatic nitrogens is 5. The maximum absolute atomic E-state index is 13.7. The fraction of sp³-hybridized carbons (Fsp3) is 0.393. The van der Waals surface area contributed by atoms with Crippen molar-refractivity contribution >= 4 is 22.8 Å². The number of hydrogen-bond donors (Lipinski definition) is 0. The molecule has 0 spiro atoms. The number of pyridine rings is 1. The highest BCUT2D eigenvalue weighted by molar-refractivity contribution is 5.84. The molecule has 0 saturated carbocycles. The molecule has 1 fully saturated rings. The number of halogens is 1. The predicted molar refractivity (Wildman–Crippen MR) is 147 cm³/mol. The van der Waals surface area contributed by atoms with Crippen molar-refractivity contribution in [1.82, 2.24) is 29.2 Å². The minimum atomic E-state index is -1.49. The topological polar surface area (TPSA) is 98.4 Å². The molecule has 11 heteroatoms. The third-order valence-electron chi connectivity index (χ3n) is 7.11. The van der Waals surface area contributed by atoms with Gasteiger partial charge in [-0.25, -0.2) is 14.4 Å². The normalized spacial score (nSPS) is 16.5. The number of piperazine rings is 1. The van der Waals surface area contributed by atoms with Gasteiger partial charge in [-0.2, -0.15) is 0 Å². The number of benzene rings is 1. The minimum Gasteiger partial charge on any atom is -0.459 e. The maximum Gasteiger partial charge on any atom is 0.274 e. The van der Waals surface area contributed by atoms with Crippen LogP contribution in [0.25, 0.3) is 22.0 Å². The summed E-state index contributed by atoms with van der Waals surface area (Å²) in [5, 5.41) is 0.560. The molecule has 3 aromatic heterocycles. The summed E-state index contributed by atoms with van der Waals surface area (Å²) in [5.74, 6) is 1.03. The van der Waals surface area contributed by atoms with Crippen molar-refractivity contribution in [2.45, 2.75) is 46.6 Å². The molecule has 204 valence electrons. The molecule has 5 rings (SSSR count). The van der Waals surface area contributed by atoms with Crippen LogP contribution in [0.15, 0.2) is 47.5 Å². The molecule has 4 heterocycles. The molecular weight excluding hydrogens is 501 g/mol. The summed E-state index contributed by atoms with van der Waals surface area (Å²) in [6, 6.07) is 9.15. The van der Waals surface area contributed by atoms with Gasteiger partial charge in [-0.15, -0.1) is 0 Å². The highest BCUT2D eigenvalue weighted by Crippen LogP contribution is 2.26. The lowest BCUT2D eigenvalue weighted by Gasteiger charge is -2.39. The fourth-order valence-electron chi connectivity index (χ4n) is 5.12. The summed E-state index contributed by atoms with van der Waals surface area (Å²) in [5.41, 5.74) is 3.53.